The van der Waals surface area contributed by atoms with Gasteiger partial charge in [-0.25, -0.2) is 14.8 Å². The van der Waals surface area contributed by atoms with E-state index in [4.69, 9.17) is 0 Å². The first-order valence-electron chi connectivity index (χ1n) is 11.0. The van der Waals surface area contributed by atoms with Crippen LogP contribution in [0, 0.1) is 11.3 Å². The highest BCUT2D eigenvalue weighted by Gasteiger charge is 2.40. The van der Waals surface area contributed by atoms with Gasteiger partial charge >= 0.3 is 6.09 Å². The first kappa shape index (κ1) is 24.7. The Morgan fingerprint density at radius 2 is 2.18 bits per heavy atom. The summed E-state index contributed by atoms with van der Waals surface area (Å²) < 4.78 is 0.846. The lowest BCUT2D eigenvalue weighted by molar-refractivity contribution is 0.0366. The number of aryl methyl sites for hydroxylation is 1. The number of benzene rings is 1. The molecule has 11 heteroatoms. The molecule has 2 aromatic rings. The molecular weight excluding hydrogens is 522 g/mol. The number of aromatic nitrogens is 2. The summed E-state index contributed by atoms with van der Waals surface area (Å²) in [6.45, 7) is 0.574. The molecule has 1 amide bonds. The zero-order chi connectivity index (χ0) is 24.5. The molecule has 1 aliphatic heterocycles. The molecule has 4 rings (SSSR count). The van der Waals surface area contributed by atoms with Crippen molar-refractivity contribution in [3.63, 3.8) is 0 Å². The third-order valence-corrected chi connectivity index (χ3v) is 7.79. The van der Waals surface area contributed by atoms with E-state index in [1.54, 1.807) is 0 Å². The van der Waals surface area contributed by atoms with Gasteiger partial charge in [-0.1, -0.05) is 39.8 Å². The van der Waals surface area contributed by atoms with Crippen molar-refractivity contribution in [2.75, 3.05) is 30.8 Å². The summed E-state index contributed by atoms with van der Waals surface area (Å²) in [7, 11) is 0. The van der Waals surface area contributed by atoms with Crippen molar-refractivity contribution < 1.29 is 20.1 Å². The number of nitrogens with zero attached hydrogens (tertiary/aromatic N) is 5. The normalized spacial score (nSPS) is 21.9. The van der Waals surface area contributed by atoms with Crippen LogP contribution >= 0.6 is 27.7 Å². The first-order chi connectivity index (χ1) is 16.3. The van der Waals surface area contributed by atoms with Gasteiger partial charge in [-0.2, -0.15) is 5.26 Å². The molecule has 0 spiro atoms. The van der Waals surface area contributed by atoms with Crippen molar-refractivity contribution in [2.24, 2.45) is 0 Å². The van der Waals surface area contributed by atoms with E-state index in [-0.39, 0.29) is 32.5 Å². The minimum atomic E-state index is -1.13. The lowest BCUT2D eigenvalue weighted by Crippen LogP contribution is -2.55. The maximum Gasteiger partial charge on any atom is 0.407 e. The number of carboxylic acid groups (broad SMARTS) is 1. The van der Waals surface area contributed by atoms with Crippen LogP contribution in [0.5, 0.6) is 0 Å². The number of nitriles is 1. The number of carbonyl (C=O) groups is 1. The van der Waals surface area contributed by atoms with Crippen molar-refractivity contribution in [1.82, 2.24) is 14.9 Å². The minimum absolute atomic E-state index is 0.0646. The van der Waals surface area contributed by atoms with Crippen LogP contribution in [0.4, 0.5) is 10.6 Å². The molecule has 2 heterocycles. The molecule has 2 atom stereocenters. The molecule has 0 saturated carbocycles. The number of piperazine rings is 1. The van der Waals surface area contributed by atoms with Crippen LogP contribution in [-0.2, 0) is 25.0 Å². The number of rotatable bonds is 6. The molecular formula is C23H26BrN5O4S. The van der Waals surface area contributed by atoms with Crippen LogP contribution < -0.4 is 4.90 Å². The molecule has 0 bridgehead atoms. The van der Waals surface area contributed by atoms with Crippen molar-refractivity contribution in [1.29, 1.82) is 5.26 Å². The molecule has 3 N–H and O–H groups in total. The van der Waals surface area contributed by atoms with E-state index in [9.17, 15) is 25.4 Å². The van der Waals surface area contributed by atoms with Crippen LogP contribution in [0.2, 0.25) is 0 Å². The Bertz CT molecular complexity index is 1140. The number of hydrogen-bond acceptors (Lipinski definition) is 8. The minimum Gasteiger partial charge on any atom is -0.465 e. The van der Waals surface area contributed by atoms with E-state index in [0.717, 1.165) is 22.0 Å². The van der Waals surface area contributed by atoms with Gasteiger partial charge in [0.1, 0.15) is 5.82 Å². The quantitative estimate of drug-likeness (QED) is 0.368. The van der Waals surface area contributed by atoms with Crippen molar-refractivity contribution >= 4 is 39.6 Å². The van der Waals surface area contributed by atoms with Crippen LogP contribution in [0.3, 0.4) is 0 Å². The Labute approximate surface area is 210 Å². The van der Waals surface area contributed by atoms with Crippen molar-refractivity contribution in [3.8, 4) is 6.07 Å². The van der Waals surface area contributed by atoms with E-state index < -0.39 is 17.7 Å². The predicted octanol–water partition coefficient (Wildman–Crippen LogP) is 2.91. The van der Waals surface area contributed by atoms with Crippen LogP contribution in [0.25, 0.3) is 0 Å². The number of halogens is 1. The van der Waals surface area contributed by atoms with Crippen LogP contribution in [-0.4, -0.2) is 68.2 Å². The van der Waals surface area contributed by atoms with Crippen molar-refractivity contribution in [2.45, 2.75) is 49.1 Å². The molecule has 34 heavy (non-hydrogen) atoms. The second kappa shape index (κ2) is 10.1. The third kappa shape index (κ3) is 4.60. The first-order valence-corrected chi connectivity index (χ1v) is 13.0. The highest BCUT2D eigenvalue weighted by molar-refractivity contribution is 9.10. The largest absolute Gasteiger partial charge is 0.465 e. The highest BCUT2D eigenvalue weighted by atomic mass is 79.9. The maximum atomic E-state index is 11.7. The van der Waals surface area contributed by atoms with E-state index in [2.05, 4.69) is 32.0 Å². The van der Waals surface area contributed by atoms with E-state index in [1.807, 2.05) is 29.4 Å². The second-order valence-corrected chi connectivity index (χ2v) is 10.2. The molecule has 0 radical (unpaired) electrons. The lowest BCUT2D eigenvalue weighted by Gasteiger charge is -2.40. The number of fused-ring (bicyclic) bond motifs is 1. The number of amides is 1. The predicted molar refractivity (Wildman–Crippen MR) is 131 cm³/mol. The lowest BCUT2D eigenvalue weighted by atomic mass is 9.89. The molecule has 1 fully saturated rings. The van der Waals surface area contributed by atoms with E-state index in [0.29, 0.717) is 35.2 Å². The molecule has 1 unspecified atom stereocenters. The van der Waals surface area contributed by atoms with E-state index >= 15 is 0 Å². The Kier molecular flexibility index (Phi) is 7.33. The summed E-state index contributed by atoms with van der Waals surface area (Å²) in [6, 6.07) is 7.45. The smallest absolute Gasteiger partial charge is 0.407 e. The number of hydrogen-bond donors (Lipinski definition) is 3. The number of aliphatic hydroxyl groups is 2. The molecule has 2 aliphatic rings. The monoisotopic (exact) mass is 547 g/mol. The Balaban J connectivity index is 1.72. The number of anilines is 1. The second-order valence-electron chi connectivity index (χ2n) is 8.54. The Morgan fingerprint density at radius 3 is 2.85 bits per heavy atom. The van der Waals surface area contributed by atoms with Gasteiger partial charge in [-0.15, -0.1) is 0 Å². The summed E-state index contributed by atoms with van der Waals surface area (Å²) in [4.78, 5) is 24.1. The standard InChI is InChI=1S/C23H26BrN5O4S/c1-34-21-26-18(11-23(33)7-5-14-3-2-4-17(24)19(14)23)16(13-30)20(27-21)28-9-10-29(22(31)32)15(12-28)6-8-25/h2-4,15,30,33H,5-7,9-13H2,1H3,(H,31,32)/t15-,23?/m0/s1. The average Bonchev–Trinajstić information content (AvgIpc) is 3.16. The molecule has 1 aromatic carbocycles. The molecule has 1 aliphatic carbocycles. The fourth-order valence-corrected chi connectivity index (χ4v) is 6.11. The summed E-state index contributed by atoms with van der Waals surface area (Å²) in [5.74, 6) is 0.527. The van der Waals surface area contributed by atoms with Gasteiger partial charge in [0.2, 0.25) is 0 Å². The summed E-state index contributed by atoms with van der Waals surface area (Å²) >= 11 is 4.95. The molecule has 1 aromatic heterocycles. The molecule has 180 valence electrons. The fraction of sp³-hybridized carbons (Fsp3) is 0.478. The molecule has 9 nitrogen and oxygen atoms in total. The van der Waals surface area contributed by atoms with Gasteiger partial charge in [-0.3, -0.25) is 0 Å². The average molecular weight is 548 g/mol. The molecule has 1 saturated heterocycles. The summed E-state index contributed by atoms with van der Waals surface area (Å²) in [5, 5.41) is 41.2. The highest BCUT2D eigenvalue weighted by Crippen LogP contribution is 2.44. The SMILES string of the molecule is CSc1nc(CC2(O)CCc3cccc(Br)c32)c(CO)c(N2CCN(C(=O)O)[C@@H](CC#N)C2)n1. The third-order valence-electron chi connectivity index (χ3n) is 6.58. The topological polar surface area (TPSA) is 134 Å². The Morgan fingerprint density at radius 1 is 1.38 bits per heavy atom. The summed E-state index contributed by atoms with van der Waals surface area (Å²) in [6.07, 6.45) is 2.39. The fourth-order valence-electron chi connectivity index (χ4n) is 4.95. The van der Waals surface area contributed by atoms with Crippen LogP contribution in [0.1, 0.15) is 35.2 Å². The van der Waals surface area contributed by atoms with Gasteiger partial charge in [-0.05, 0) is 30.7 Å². The van der Waals surface area contributed by atoms with Gasteiger partial charge in [0, 0.05) is 41.7 Å². The van der Waals surface area contributed by atoms with E-state index in [1.165, 1.54) is 16.7 Å². The zero-order valence-electron chi connectivity index (χ0n) is 18.7. The Hall–Kier alpha value is -2.39. The summed E-state index contributed by atoms with van der Waals surface area (Å²) in [5.41, 5.74) is 1.90. The maximum absolute atomic E-state index is 11.7. The number of thioether (sulfide) groups is 1. The number of aliphatic hydroxyl groups excluding tert-OH is 1. The van der Waals surface area contributed by atoms with Gasteiger partial charge < -0.3 is 25.1 Å². The zero-order valence-corrected chi connectivity index (χ0v) is 21.1. The van der Waals surface area contributed by atoms with Gasteiger partial charge in [0.25, 0.3) is 0 Å². The van der Waals surface area contributed by atoms with Crippen LogP contribution in [0.15, 0.2) is 27.8 Å². The van der Waals surface area contributed by atoms with Gasteiger partial charge in [0.15, 0.2) is 5.16 Å². The van der Waals surface area contributed by atoms with Gasteiger partial charge in [0.05, 0.1) is 36.4 Å². The van der Waals surface area contributed by atoms with Crippen molar-refractivity contribution in [3.05, 3.63) is 45.1 Å².